The number of aromatic nitrogens is 2. The maximum absolute atomic E-state index is 11.0. The van der Waals surface area contributed by atoms with Crippen molar-refractivity contribution in [2.24, 2.45) is 0 Å². The van der Waals surface area contributed by atoms with E-state index < -0.39 is 0 Å². The molecule has 1 saturated heterocycles. The number of aryl methyl sites for hydroxylation is 1. The van der Waals surface area contributed by atoms with E-state index in [4.69, 9.17) is 4.74 Å². The molecule has 0 saturated carbocycles. The molecule has 88 valence electrons. The summed E-state index contributed by atoms with van der Waals surface area (Å²) in [6.07, 6.45) is 7.00. The first-order chi connectivity index (χ1) is 7.85. The molecule has 1 fully saturated rings. The van der Waals surface area contributed by atoms with Crippen molar-refractivity contribution in [3.63, 3.8) is 0 Å². The number of ether oxygens (including phenoxy) is 1. The molecule has 2 rings (SSSR count). The second-order valence-electron chi connectivity index (χ2n) is 4.21. The van der Waals surface area contributed by atoms with Crippen LogP contribution in [0.2, 0.25) is 0 Å². The molecule has 1 atom stereocenters. The van der Waals surface area contributed by atoms with Crippen molar-refractivity contribution in [1.29, 1.82) is 0 Å². The SMILES string of the molecule is CCCCn1cc(C=O)c(C2CCCO2)n1. The molecule has 0 radical (unpaired) electrons. The average Bonchev–Trinajstić information content (AvgIpc) is 2.94. The van der Waals surface area contributed by atoms with Gasteiger partial charge in [-0.1, -0.05) is 13.3 Å². The maximum atomic E-state index is 11.0. The van der Waals surface area contributed by atoms with E-state index in [0.717, 1.165) is 50.8 Å². The minimum absolute atomic E-state index is 0.0306. The Bertz CT molecular complexity index is 354. The molecule has 0 aliphatic carbocycles. The summed E-state index contributed by atoms with van der Waals surface area (Å²) in [5, 5.41) is 4.46. The van der Waals surface area contributed by atoms with E-state index in [1.54, 1.807) is 0 Å². The third-order valence-corrected chi connectivity index (χ3v) is 2.92. The van der Waals surface area contributed by atoms with E-state index in [-0.39, 0.29) is 6.10 Å². The zero-order valence-corrected chi connectivity index (χ0v) is 9.69. The maximum Gasteiger partial charge on any atom is 0.153 e. The van der Waals surface area contributed by atoms with Gasteiger partial charge in [-0.15, -0.1) is 0 Å². The highest BCUT2D eigenvalue weighted by Crippen LogP contribution is 2.29. The van der Waals surface area contributed by atoms with Crippen LogP contribution in [-0.2, 0) is 11.3 Å². The normalized spacial score (nSPS) is 20.2. The summed E-state index contributed by atoms with van der Waals surface area (Å²) in [5.41, 5.74) is 1.51. The number of nitrogens with zero attached hydrogens (tertiary/aromatic N) is 2. The molecule has 0 amide bonds. The van der Waals surface area contributed by atoms with Crippen LogP contribution < -0.4 is 0 Å². The molecule has 4 heteroatoms. The van der Waals surface area contributed by atoms with Crippen molar-refractivity contribution in [3.8, 4) is 0 Å². The van der Waals surface area contributed by atoms with Crippen molar-refractivity contribution >= 4 is 6.29 Å². The molecule has 1 aromatic heterocycles. The van der Waals surface area contributed by atoms with Gasteiger partial charge >= 0.3 is 0 Å². The number of rotatable bonds is 5. The van der Waals surface area contributed by atoms with E-state index in [1.807, 2.05) is 10.9 Å². The van der Waals surface area contributed by atoms with Gasteiger partial charge in [0.15, 0.2) is 6.29 Å². The molecule has 0 spiro atoms. The van der Waals surface area contributed by atoms with Gasteiger partial charge in [0.05, 0.1) is 5.56 Å². The first-order valence-corrected chi connectivity index (χ1v) is 5.99. The third kappa shape index (κ3) is 2.32. The van der Waals surface area contributed by atoms with Crippen molar-refractivity contribution in [2.75, 3.05) is 6.61 Å². The molecular weight excluding hydrogens is 204 g/mol. The van der Waals surface area contributed by atoms with Gasteiger partial charge in [-0.3, -0.25) is 9.48 Å². The molecule has 1 aliphatic rings. The van der Waals surface area contributed by atoms with Crippen LogP contribution in [0.3, 0.4) is 0 Å². The zero-order chi connectivity index (χ0) is 11.4. The lowest BCUT2D eigenvalue weighted by Crippen LogP contribution is -2.03. The second kappa shape index (κ2) is 5.25. The summed E-state index contributed by atoms with van der Waals surface area (Å²) in [6.45, 7) is 3.81. The smallest absolute Gasteiger partial charge is 0.153 e. The first kappa shape index (κ1) is 11.3. The highest BCUT2D eigenvalue weighted by atomic mass is 16.5. The summed E-state index contributed by atoms with van der Waals surface area (Å²) in [4.78, 5) is 11.0. The van der Waals surface area contributed by atoms with E-state index in [1.165, 1.54) is 0 Å². The highest BCUT2D eigenvalue weighted by molar-refractivity contribution is 5.76. The predicted molar refractivity (Wildman–Crippen MR) is 60.4 cm³/mol. The summed E-state index contributed by atoms with van der Waals surface area (Å²) in [7, 11) is 0. The number of carbonyl (C=O) groups is 1. The van der Waals surface area contributed by atoms with Gasteiger partial charge in [0.1, 0.15) is 11.8 Å². The molecule has 0 bridgehead atoms. The van der Waals surface area contributed by atoms with Gasteiger partial charge in [-0.2, -0.15) is 5.10 Å². The second-order valence-corrected chi connectivity index (χ2v) is 4.21. The van der Waals surface area contributed by atoms with Crippen molar-refractivity contribution in [2.45, 2.75) is 45.3 Å². The fourth-order valence-electron chi connectivity index (χ4n) is 2.02. The van der Waals surface area contributed by atoms with Crippen LogP contribution in [0.25, 0.3) is 0 Å². The van der Waals surface area contributed by atoms with Gasteiger partial charge in [0, 0.05) is 19.3 Å². The monoisotopic (exact) mass is 222 g/mol. The van der Waals surface area contributed by atoms with E-state index in [0.29, 0.717) is 5.56 Å². The van der Waals surface area contributed by atoms with Gasteiger partial charge in [-0.05, 0) is 19.3 Å². The Hall–Kier alpha value is -1.16. The Morgan fingerprint density at radius 1 is 1.69 bits per heavy atom. The molecular formula is C12H18N2O2. The summed E-state index contributed by atoms with van der Waals surface area (Å²) < 4.78 is 7.43. The Morgan fingerprint density at radius 3 is 3.19 bits per heavy atom. The van der Waals surface area contributed by atoms with Crippen LogP contribution in [0.1, 0.15) is 54.8 Å². The first-order valence-electron chi connectivity index (χ1n) is 5.99. The van der Waals surface area contributed by atoms with Crippen LogP contribution in [-0.4, -0.2) is 22.7 Å². The molecule has 1 aromatic rings. The Labute approximate surface area is 95.6 Å². The van der Waals surface area contributed by atoms with Crippen molar-refractivity contribution in [1.82, 2.24) is 9.78 Å². The lowest BCUT2D eigenvalue weighted by molar-refractivity contribution is 0.103. The van der Waals surface area contributed by atoms with Crippen LogP contribution in [0, 0.1) is 0 Å². The summed E-state index contributed by atoms with van der Waals surface area (Å²) in [6, 6.07) is 0. The van der Waals surface area contributed by atoms with Gasteiger partial charge in [0.2, 0.25) is 0 Å². The van der Waals surface area contributed by atoms with Crippen LogP contribution >= 0.6 is 0 Å². The largest absolute Gasteiger partial charge is 0.372 e. The molecule has 1 unspecified atom stereocenters. The predicted octanol–water partition coefficient (Wildman–Crippen LogP) is 2.35. The van der Waals surface area contributed by atoms with Crippen LogP contribution in [0.15, 0.2) is 6.20 Å². The number of hydrogen-bond donors (Lipinski definition) is 0. The number of hydrogen-bond acceptors (Lipinski definition) is 3. The Morgan fingerprint density at radius 2 is 2.56 bits per heavy atom. The topological polar surface area (TPSA) is 44.1 Å². The van der Waals surface area contributed by atoms with E-state index >= 15 is 0 Å². The van der Waals surface area contributed by atoms with Gasteiger partial charge < -0.3 is 4.74 Å². The lowest BCUT2D eigenvalue weighted by atomic mass is 10.1. The van der Waals surface area contributed by atoms with Crippen LogP contribution in [0.5, 0.6) is 0 Å². The van der Waals surface area contributed by atoms with Crippen molar-refractivity contribution in [3.05, 3.63) is 17.5 Å². The van der Waals surface area contributed by atoms with E-state index in [9.17, 15) is 4.79 Å². The summed E-state index contributed by atoms with van der Waals surface area (Å²) in [5.74, 6) is 0. The quantitative estimate of drug-likeness (QED) is 0.718. The van der Waals surface area contributed by atoms with Gasteiger partial charge in [-0.25, -0.2) is 0 Å². The fourth-order valence-corrected chi connectivity index (χ4v) is 2.02. The van der Waals surface area contributed by atoms with Crippen LogP contribution in [0.4, 0.5) is 0 Å². The lowest BCUT2D eigenvalue weighted by Gasteiger charge is -2.06. The number of unbranched alkanes of at least 4 members (excludes halogenated alkanes) is 1. The molecule has 0 aromatic carbocycles. The number of carbonyl (C=O) groups excluding carboxylic acids is 1. The summed E-state index contributed by atoms with van der Waals surface area (Å²) >= 11 is 0. The molecule has 4 nitrogen and oxygen atoms in total. The molecule has 16 heavy (non-hydrogen) atoms. The molecule has 0 N–H and O–H groups in total. The standard InChI is InChI=1S/C12H18N2O2/c1-2-3-6-14-8-10(9-15)12(13-14)11-5-4-7-16-11/h8-9,11H,2-7H2,1H3. The Balaban J connectivity index is 2.15. The number of aldehydes is 1. The highest BCUT2D eigenvalue weighted by Gasteiger charge is 2.23. The van der Waals surface area contributed by atoms with E-state index in [2.05, 4.69) is 12.0 Å². The molecule has 1 aliphatic heterocycles. The molecule has 2 heterocycles. The minimum Gasteiger partial charge on any atom is -0.372 e. The van der Waals surface area contributed by atoms with Crippen molar-refractivity contribution < 1.29 is 9.53 Å². The third-order valence-electron chi connectivity index (χ3n) is 2.92. The zero-order valence-electron chi connectivity index (χ0n) is 9.69. The minimum atomic E-state index is 0.0306. The Kier molecular flexibility index (Phi) is 3.72. The van der Waals surface area contributed by atoms with Gasteiger partial charge in [0.25, 0.3) is 0 Å². The average molecular weight is 222 g/mol. The fraction of sp³-hybridized carbons (Fsp3) is 0.667.